The summed E-state index contributed by atoms with van der Waals surface area (Å²) in [5.74, 6) is -0.538. The van der Waals surface area contributed by atoms with Gasteiger partial charge in [-0.1, -0.05) is 34.1 Å². The van der Waals surface area contributed by atoms with Crippen molar-refractivity contribution < 1.29 is 4.39 Å². The van der Waals surface area contributed by atoms with Gasteiger partial charge in [0.05, 0.1) is 5.02 Å². The van der Waals surface area contributed by atoms with Crippen molar-refractivity contribution in [1.82, 2.24) is 4.98 Å². The van der Waals surface area contributed by atoms with Gasteiger partial charge < -0.3 is 0 Å². The van der Waals surface area contributed by atoms with Crippen LogP contribution in [0.2, 0.25) is 5.02 Å². The molecular weight excluding hydrogens is 244 g/mol. The Morgan fingerprint density at radius 2 is 2.42 bits per heavy atom. The Morgan fingerprint density at radius 3 is 3.00 bits per heavy atom. The SMILES string of the molecule is C=C(CBr)c1cc(Cl)cnc1F. The van der Waals surface area contributed by atoms with Crippen molar-refractivity contribution in [2.75, 3.05) is 5.33 Å². The molecule has 0 radical (unpaired) electrons. The summed E-state index contributed by atoms with van der Waals surface area (Å²) in [5.41, 5.74) is 0.988. The highest BCUT2D eigenvalue weighted by Crippen LogP contribution is 2.20. The summed E-state index contributed by atoms with van der Waals surface area (Å²) in [6.07, 6.45) is 1.27. The standard InChI is InChI=1S/C8H6BrClFN/c1-5(3-9)7-2-6(10)4-12-8(7)11/h2,4H,1,3H2. The second kappa shape index (κ2) is 4.01. The van der Waals surface area contributed by atoms with Gasteiger partial charge in [-0.05, 0) is 11.6 Å². The number of rotatable bonds is 2. The molecule has 0 unspecified atom stereocenters. The molecule has 0 saturated heterocycles. The third-order valence-electron chi connectivity index (χ3n) is 1.35. The fourth-order valence-electron chi connectivity index (χ4n) is 0.743. The zero-order valence-electron chi connectivity index (χ0n) is 6.15. The van der Waals surface area contributed by atoms with Crippen LogP contribution in [-0.2, 0) is 0 Å². The van der Waals surface area contributed by atoms with E-state index in [2.05, 4.69) is 27.5 Å². The number of halogens is 3. The van der Waals surface area contributed by atoms with E-state index in [1.54, 1.807) is 0 Å². The molecule has 4 heteroatoms. The van der Waals surface area contributed by atoms with Gasteiger partial charge in [0.25, 0.3) is 0 Å². The molecule has 0 aliphatic heterocycles. The van der Waals surface area contributed by atoms with Crippen molar-refractivity contribution in [3.05, 3.63) is 35.4 Å². The largest absolute Gasteiger partial charge is 0.226 e. The predicted octanol–water partition coefficient (Wildman–Crippen LogP) is 3.28. The highest BCUT2D eigenvalue weighted by molar-refractivity contribution is 9.09. The fraction of sp³-hybridized carbons (Fsp3) is 0.125. The number of nitrogens with zero attached hydrogens (tertiary/aromatic N) is 1. The molecule has 0 aliphatic carbocycles. The summed E-state index contributed by atoms with van der Waals surface area (Å²) in [6, 6.07) is 1.51. The second-order valence-corrected chi connectivity index (χ2v) is 3.23. The highest BCUT2D eigenvalue weighted by Gasteiger charge is 2.06. The highest BCUT2D eigenvalue weighted by atomic mass is 79.9. The van der Waals surface area contributed by atoms with E-state index >= 15 is 0 Å². The molecule has 0 saturated carbocycles. The van der Waals surface area contributed by atoms with Gasteiger partial charge in [0.2, 0.25) is 5.95 Å². The van der Waals surface area contributed by atoms with Crippen LogP contribution >= 0.6 is 27.5 Å². The Hall–Kier alpha value is -0.410. The molecule has 1 rings (SSSR count). The lowest BCUT2D eigenvalue weighted by atomic mass is 10.1. The molecule has 1 nitrogen and oxygen atoms in total. The maximum atomic E-state index is 13.0. The van der Waals surface area contributed by atoms with Gasteiger partial charge in [-0.25, -0.2) is 4.98 Å². The summed E-state index contributed by atoms with van der Waals surface area (Å²) < 4.78 is 13.0. The van der Waals surface area contributed by atoms with Crippen LogP contribution < -0.4 is 0 Å². The van der Waals surface area contributed by atoms with Crippen molar-refractivity contribution in [2.24, 2.45) is 0 Å². The molecule has 64 valence electrons. The molecule has 0 fully saturated rings. The average Bonchev–Trinajstić information content (AvgIpc) is 2.08. The van der Waals surface area contributed by atoms with Crippen LogP contribution in [0.3, 0.4) is 0 Å². The van der Waals surface area contributed by atoms with Gasteiger partial charge in [-0.15, -0.1) is 0 Å². The van der Waals surface area contributed by atoms with Crippen LogP contribution in [0.1, 0.15) is 5.56 Å². The van der Waals surface area contributed by atoms with E-state index in [9.17, 15) is 4.39 Å². The van der Waals surface area contributed by atoms with E-state index < -0.39 is 5.95 Å². The van der Waals surface area contributed by atoms with Crippen LogP contribution in [0.25, 0.3) is 5.57 Å². The van der Waals surface area contributed by atoms with Crippen LogP contribution in [0.4, 0.5) is 4.39 Å². The quantitative estimate of drug-likeness (QED) is 0.580. The van der Waals surface area contributed by atoms with E-state index in [0.717, 1.165) is 0 Å². The Labute approximate surface area is 83.4 Å². The molecule has 0 amide bonds. The first-order chi connectivity index (χ1) is 5.65. The molecule has 0 bridgehead atoms. The van der Waals surface area contributed by atoms with Crippen LogP contribution in [0, 0.1) is 5.95 Å². The van der Waals surface area contributed by atoms with E-state index in [-0.39, 0.29) is 0 Å². The third-order valence-corrected chi connectivity index (χ3v) is 2.23. The molecule has 12 heavy (non-hydrogen) atoms. The number of hydrogen-bond acceptors (Lipinski definition) is 1. The summed E-state index contributed by atoms with van der Waals surface area (Å²) in [7, 11) is 0. The third kappa shape index (κ3) is 2.05. The van der Waals surface area contributed by atoms with Crippen molar-refractivity contribution in [2.45, 2.75) is 0 Å². The number of alkyl halides is 1. The first-order valence-electron chi connectivity index (χ1n) is 3.20. The van der Waals surface area contributed by atoms with E-state index in [0.29, 0.717) is 21.5 Å². The van der Waals surface area contributed by atoms with Crippen molar-refractivity contribution in [3.8, 4) is 0 Å². The maximum Gasteiger partial charge on any atom is 0.220 e. The lowest BCUT2D eigenvalue weighted by Crippen LogP contribution is -1.92. The smallest absolute Gasteiger partial charge is 0.220 e. The van der Waals surface area contributed by atoms with Crippen molar-refractivity contribution in [3.63, 3.8) is 0 Å². The summed E-state index contributed by atoms with van der Waals surface area (Å²) >= 11 is 8.81. The lowest BCUT2D eigenvalue weighted by Gasteiger charge is -2.02. The fourth-order valence-corrected chi connectivity index (χ4v) is 1.20. The van der Waals surface area contributed by atoms with Gasteiger partial charge in [-0.3, -0.25) is 0 Å². The van der Waals surface area contributed by atoms with Gasteiger partial charge in [-0.2, -0.15) is 4.39 Å². The Balaban J connectivity index is 3.13. The van der Waals surface area contributed by atoms with Gasteiger partial charge in [0.15, 0.2) is 0 Å². The minimum absolute atomic E-state index is 0.361. The van der Waals surface area contributed by atoms with E-state index in [1.165, 1.54) is 12.3 Å². The minimum atomic E-state index is -0.538. The zero-order chi connectivity index (χ0) is 9.14. The molecule has 1 aromatic heterocycles. The molecule has 0 aliphatic rings. The summed E-state index contributed by atoms with van der Waals surface area (Å²) in [6.45, 7) is 3.66. The van der Waals surface area contributed by atoms with Gasteiger partial charge in [0, 0.05) is 17.1 Å². The van der Waals surface area contributed by atoms with Crippen LogP contribution in [0.15, 0.2) is 18.8 Å². The van der Waals surface area contributed by atoms with Crippen LogP contribution in [0.5, 0.6) is 0 Å². The topological polar surface area (TPSA) is 12.9 Å². The maximum absolute atomic E-state index is 13.0. The molecular formula is C8H6BrClFN. The van der Waals surface area contributed by atoms with E-state index in [1.807, 2.05) is 0 Å². The number of pyridine rings is 1. The predicted molar refractivity (Wildman–Crippen MR) is 52.0 cm³/mol. The average molecular weight is 250 g/mol. The normalized spacial score (nSPS) is 9.92. The molecule has 0 aromatic carbocycles. The Bertz CT molecular complexity index is 314. The van der Waals surface area contributed by atoms with Crippen molar-refractivity contribution in [1.29, 1.82) is 0 Å². The summed E-state index contributed by atoms with van der Waals surface area (Å²) in [5, 5.41) is 0.917. The second-order valence-electron chi connectivity index (χ2n) is 2.23. The molecule has 0 N–H and O–H groups in total. The molecule has 1 aromatic rings. The molecule has 1 heterocycles. The molecule has 0 atom stereocenters. The Morgan fingerprint density at radius 1 is 1.75 bits per heavy atom. The van der Waals surface area contributed by atoms with Crippen LogP contribution in [-0.4, -0.2) is 10.3 Å². The van der Waals surface area contributed by atoms with Gasteiger partial charge >= 0.3 is 0 Å². The summed E-state index contributed by atoms with van der Waals surface area (Å²) in [4.78, 5) is 3.47. The van der Waals surface area contributed by atoms with Crippen molar-refractivity contribution >= 4 is 33.1 Å². The Kier molecular flexibility index (Phi) is 3.23. The zero-order valence-corrected chi connectivity index (χ0v) is 8.49. The number of aromatic nitrogens is 1. The lowest BCUT2D eigenvalue weighted by molar-refractivity contribution is 0.580. The van der Waals surface area contributed by atoms with Gasteiger partial charge in [0.1, 0.15) is 0 Å². The molecule has 0 spiro atoms. The minimum Gasteiger partial charge on any atom is -0.226 e. The number of hydrogen-bond donors (Lipinski definition) is 0. The first kappa shape index (κ1) is 9.68. The number of allylic oxidation sites excluding steroid dienone is 1. The monoisotopic (exact) mass is 249 g/mol. The van der Waals surface area contributed by atoms with E-state index in [4.69, 9.17) is 11.6 Å². The first-order valence-corrected chi connectivity index (χ1v) is 4.70.